The van der Waals surface area contributed by atoms with E-state index in [2.05, 4.69) is 0 Å². The number of nitro groups is 1. The van der Waals surface area contributed by atoms with Gasteiger partial charge in [-0.2, -0.15) is 0 Å². The van der Waals surface area contributed by atoms with Gasteiger partial charge in [-0.05, 0) is 24.3 Å². The van der Waals surface area contributed by atoms with Gasteiger partial charge in [0.1, 0.15) is 0 Å². The molecule has 0 spiro atoms. The number of hydrogen-bond acceptors (Lipinski definition) is 4. The minimum atomic E-state index is -0.413. The Morgan fingerprint density at radius 1 is 1.44 bits per heavy atom. The molecule has 6 heteroatoms. The van der Waals surface area contributed by atoms with Crippen molar-refractivity contribution in [2.24, 2.45) is 5.73 Å². The van der Waals surface area contributed by atoms with Crippen LogP contribution >= 0.6 is 11.8 Å². The van der Waals surface area contributed by atoms with E-state index in [1.54, 1.807) is 23.9 Å². The summed E-state index contributed by atoms with van der Waals surface area (Å²) in [5.41, 5.74) is 5.33. The number of hydrogen-bond donors (Lipinski definition) is 2. The Labute approximate surface area is 97.7 Å². The van der Waals surface area contributed by atoms with Gasteiger partial charge >= 0.3 is 0 Å². The van der Waals surface area contributed by atoms with E-state index >= 15 is 0 Å². The van der Waals surface area contributed by atoms with E-state index in [-0.39, 0.29) is 11.5 Å². The summed E-state index contributed by atoms with van der Waals surface area (Å²) in [6, 6.07) is 6.45. The van der Waals surface area contributed by atoms with Crippen molar-refractivity contribution in [3.05, 3.63) is 34.4 Å². The van der Waals surface area contributed by atoms with Gasteiger partial charge in [0, 0.05) is 23.4 Å². The van der Waals surface area contributed by atoms with Crippen LogP contribution in [0.25, 0.3) is 0 Å². The number of amidine groups is 1. The number of benzene rings is 1. The molecule has 0 unspecified atom stereocenters. The lowest BCUT2D eigenvalue weighted by atomic mass is 10.3. The molecule has 0 aliphatic rings. The standard InChI is InChI=1S/C10H13N3O2S/c11-10(12)2-1-7-16-9-5-3-8(4-6-9)13(14)15/h3-6H,1-2,7H2,(H3,11,12). The average Bonchev–Trinajstić information content (AvgIpc) is 2.25. The number of nitro benzene ring substituents is 1. The summed E-state index contributed by atoms with van der Waals surface area (Å²) >= 11 is 1.61. The van der Waals surface area contributed by atoms with Crippen LogP contribution < -0.4 is 5.73 Å². The summed E-state index contributed by atoms with van der Waals surface area (Å²) in [6.45, 7) is 0. The molecule has 86 valence electrons. The minimum Gasteiger partial charge on any atom is -0.388 e. The van der Waals surface area contributed by atoms with Gasteiger partial charge in [0.05, 0.1) is 10.8 Å². The third kappa shape index (κ3) is 4.31. The first kappa shape index (κ1) is 12.5. The highest BCUT2D eigenvalue weighted by atomic mass is 32.2. The van der Waals surface area contributed by atoms with Gasteiger partial charge in [-0.25, -0.2) is 0 Å². The Kier molecular flexibility index (Phi) is 4.78. The van der Waals surface area contributed by atoms with Gasteiger partial charge in [0.2, 0.25) is 0 Å². The first-order chi connectivity index (χ1) is 7.59. The van der Waals surface area contributed by atoms with Crippen molar-refractivity contribution in [2.75, 3.05) is 5.75 Å². The lowest BCUT2D eigenvalue weighted by Gasteiger charge is -2.00. The van der Waals surface area contributed by atoms with E-state index < -0.39 is 4.92 Å². The van der Waals surface area contributed by atoms with Crippen LogP contribution in [-0.2, 0) is 0 Å². The zero-order chi connectivity index (χ0) is 12.0. The van der Waals surface area contributed by atoms with Gasteiger partial charge in [0.25, 0.3) is 5.69 Å². The maximum absolute atomic E-state index is 10.4. The normalized spacial score (nSPS) is 10.0. The second-order valence-electron chi connectivity index (χ2n) is 3.23. The fourth-order valence-electron chi connectivity index (χ4n) is 1.12. The van der Waals surface area contributed by atoms with Crippen molar-refractivity contribution in [1.29, 1.82) is 5.41 Å². The number of rotatable bonds is 6. The zero-order valence-corrected chi connectivity index (χ0v) is 9.50. The summed E-state index contributed by atoms with van der Waals surface area (Å²) in [5.74, 6) is 1.06. The second kappa shape index (κ2) is 6.12. The van der Waals surface area contributed by atoms with Crippen molar-refractivity contribution in [3.63, 3.8) is 0 Å². The summed E-state index contributed by atoms with van der Waals surface area (Å²) in [5, 5.41) is 17.5. The Morgan fingerprint density at radius 3 is 2.56 bits per heavy atom. The Bertz CT molecular complexity index is 378. The molecule has 5 nitrogen and oxygen atoms in total. The zero-order valence-electron chi connectivity index (χ0n) is 8.68. The molecule has 0 aliphatic carbocycles. The highest BCUT2D eigenvalue weighted by molar-refractivity contribution is 7.99. The largest absolute Gasteiger partial charge is 0.388 e. The molecule has 0 bridgehead atoms. The van der Waals surface area contributed by atoms with Crippen molar-refractivity contribution in [2.45, 2.75) is 17.7 Å². The SMILES string of the molecule is N=C(N)CCCSc1ccc([N+](=O)[O-])cc1. The molecule has 3 N–H and O–H groups in total. The predicted molar refractivity (Wildman–Crippen MR) is 65.0 cm³/mol. The molecule has 0 fully saturated rings. The molecule has 16 heavy (non-hydrogen) atoms. The second-order valence-corrected chi connectivity index (χ2v) is 4.40. The van der Waals surface area contributed by atoms with Gasteiger partial charge in [-0.3, -0.25) is 15.5 Å². The van der Waals surface area contributed by atoms with Crippen molar-refractivity contribution >= 4 is 23.3 Å². The van der Waals surface area contributed by atoms with Crippen molar-refractivity contribution in [3.8, 4) is 0 Å². The lowest BCUT2D eigenvalue weighted by Crippen LogP contribution is -2.08. The molecule has 0 heterocycles. The van der Waals surface area contributed by atoms with Crippen LogP contribution in [0.3, 0.4) is 0 Å². The molecule has 0 saturated carbocycles. The highest BCUT2D eigenvalue weighted by Gasteiger charge is 2.03. The smallest absolute Gasteiger partial charge is 0.269 e. The van der Waals surface area contributed by atoms with Gasteiger partial charge in [-0.1, -0.05) is 0 Å². The quantitative estimate of drug-likeness (QED) is 0.199. The molecule has 0 aliphatic heterocycles. The molecule has 0 atom stereocenters. The minimum absolute atomic E-state index is 0.105. The molecule has 1 rings (SSSR count). The number of nitrogens with one attached hydrogen (secondary N) is 1. The van der Waals surface area contributed by atoms with Crippen molar-refractivity contribution in [1.82, 2.24) is 0 Å². The van der Waals surface area contributed by atoms with Crippen LogP contribution in [0.2, 0.25) is 0 Å². The van der Waals surface area contributed by atoms with Crippen LogP contribution in [0.5, 0.6) is 0 Å². The monoisotopic (exact) mass is 239 g/mol. The molecule has 0 radical (unpaired) electrons. The van der Waals surface area contributed by atoms with E-state index in [0.717, 1.165) is 17.1 Å². The van der Waals surface area contributed by atoms with Gasteiger partial charge in [-0.15, -0.1) is 11.8 Å². The van der Waals surface area contributed by atoms with Crippen LogP contribution in [0.15, 0.2) is 29.2 Å². The number of thioether (sulfide) groups is 1. The third-order valence-electron chi connectivity index (χ3n) is 1.91. The number of non-ortho nitro benzene ring substituents is 1. The molecule has 0 aromatic heterocycles. The van der Waals surface area contributed by atoms with E-state index in [0.29, 0.717) is 6.42 Å². The van der Waals surface area contributed by atoms with Crippen LogP contribution in [0.4, 0.5) is 5.69 Å². The Hall–Kier alpha value is -1.56. The predicted octanol–water partition coefficient (Wildman–Crippen LogP) is 2.40. The van der Waals surface area contributed by atoms with E-state index in [1.807, 2.05) is 0 Å². The summed E-state index contributed by atoms with van der Waals surface area (Å²) in [7, 11) is 0. The third-order valence-corrected chi connectivity index (χ3v) is 3.01. The average molecular weight is 239 g/mol. The van der Waals surface area contributed by atoms with Gasteiger partial charge in [0.15, 0.2) is 0 Å². The molecule has 0 amide bonds. The van der Waals surface area contributed by atoms with E-state index in [1.165, 1.54) is 12.1 Å². The van der Waals surface area contributed by atoms with Crippen molar-refractivity contribution < 1.29 is 4.92 Å². The summed E-state index contributed by atoms with van der Waals surface area (Å²) in [6.07, 6.45) is 1.44. The molecular weight excluding hydrogens is 226 g/mol. The molecule has 1 aromatic rings. The Balaban J connectivity index is 2.38. The Morgan fingerprint density at radius 2 is 2.06 bits per heavy atom. The summed E-state index contributed by atoms with van der Waals surface area (Å²) in [4.78, 5) is 11.0. The van der Waals surface area contributed by atoms with Crippen LogP contribution in [0.1, 0.15) is 12.8 Å². The van der Waals surface area contributed by atoms with Crippen LogP contribution in [0, 0.1) is 15.5 Å². The maximum Gasteiger partial charge on any atom is 0.269 e. The lowest BCUT2D eigenvalue weighted by molar-refractivity contribution is -0.384. The number of nitrogens with zero attached hydrogens (tertiary/aromatic N) is 1. The molecule has 0 saturated heterocycles. The number of nitrogens with two attached hydrogens (primary N) is 1. The maximum atomic E-state index is 10.4. The first-order valence-electron chi connectivity index (χ1n) is 4.80. The molecular formula is C10H13N3O2S. The van der Waals surface area contributed by atoms with E-state index in [9.17, 15) is 10.1 Å². The highest BCUT2D eigenvalue weighted by Crippen LogP contribution is 2.22. The topological polar surface area (TPSA) is 93.0 Å². The first-order valence-corrected chi connectivity index (χ1v) is 5.78. The molecule has 1 aromatic carbocycles. The van der Waals surface area contributed by atoms with E-state index in [4.69, 9.17) is 11.1 Å². The fourth-order valence-corrected chi connectivity index (χ4v) is 1.97. The van der Waals surface area contributed by atoms with Gasteiger partial charge < -0.3 is 5.73 Å². The summed E-state index contributed by atoms with van der Waals surface area (Å²) < 4.78 is 0. The van der Waals surface area contributed by atoms with Crippen LogP contribution in [-0.4, -0.2) is 16.5 Å². The fraction of sp³-hybridized carbons (Fsp3) is 0.300.